The van der Waals surface area contributed by atoms with Crippen LogP contribution in [0, 0.1) is 12.3 Å². The molecule has 0 radical (unpaired) electrons. The summed E-state index contributed by atoms with van der Waals surface area (Å²) in [7, 11) is 0. The van der Waals surface area contributed by atoms with Crippen LogP contribution >= 0.6 is 11.3 Å². The number of carbonyl (C=O) groups excluding carboxylic acids is 2. The maximum absolute atomic E-state index is 13.4. The van der Waals surface area contributed by atoms with Crippen molar-refractivity contribution in [2.45, 2.75) is 97.9 Å². The highest BCUT2D eigenvalue weighted by Gasteiger charge is 2.44. The maximum Gasteiger partial charge on any atom is 0.408 e. The van der Waals surface area contributed by atoms with Crippen molar-refractivity contribution in [1.29, 1.82) is 0 Å². The summed E-state index contributed by atoms with van der Waals surface area (Å²) in [5, 5.41) is 28.1. The molecule has 0 aliphatic carbocycles. The quantitative estimate of drug-likeness (QED) is 0.385. The summed E-state index contributed by atoms with van der Waals surface area (Å²) in [5.41, 5.74) is 1.45. The van der Waals surface area contributed by atoms with Gasteiger partial charge in [-0.05, 0) is 58.4 Å². The van der Waals surface area contributed by atoms with Crippen molar-refractivity contribution in [3.05, 3.63) is 41.0 Å². The van der Waals surface area contributed by atoms with E-state index in [1.807, 2.05) is 39.8 Å². The van der Waals surface area contributed by atoms with Gasteiger partial charge in [-0.2, -0.15) is 0 Å². The molecule has 210 valence electrons. The second-order valence-corrected chi connectivity index (χ2v) is 13.1. The Labute approximate surface area is 229 Å². The number of rotatable bonds is 7. The molecular formula is C28H42N4O5S. The maximum atomic E-state index is 13.4. The van der Waals surface area contributed by atoms with E-state index in [1.165, 1.54) is 6.92 Å². The molecule has 2 amide bonds. The molecule has 1 saturated heterocycles. The summed E-state index contributed by atoms with van der Waals surface area (Å²) in [4.78, 5) is 33.0. The van der Waals surface area contributed by atoms with E-state index in [1.54, 1.807) is 54.7 Å². The van der Waals surface area contributed by atoms with Gasteiger partial charge in [-0.1, -0.05) is 45.0 Å². The number of aliphatic hydroxyl groups is 2. The zero-order valence-electron chi connectivity index (χ0n) is 23.7. The van der Waals surface area contributed by atoms with Crippen molar-refractivity contribution >= 4 is 23.3 Å². The van der Waals surface area contributed by atoms with E-state index in [-0.39, 0.29) is 5.91 Å². The van der Waals surface area contributed by atoms with Crippen LogP contribution in [-0.2, 0) is 15.3 Å². The van der Waals surface area contributed by atoms with Crippen LogP contribution < -0.4 is 10.6 Å². The number of aliphatic hydroxyl groups excluding tert-OH is 1. The number of alkyl carbamates (subject to hydrolysis) is 1. The van der Waals surface area contributed by atoms with E-state index in [2.05, 4.69) is 15.6 Å². The molecule has 4 N–H and O–H groups in total. The third-order valence-electron chi connectivity index (χ3n) is 6.66. The van der Waals surface area contributed by atoms with Gasteiger partial charge >= 0.3 is 6.09 Å². The molecule has 2 heterocycles. The van der Waals surface area contributed by atoms with Gasteiger partial charge in [0.05, 0.1) is 28.2 Å². The Morgan fingerprint density at radius 2 is 1.76 bits per heavy atom. The molecule has 1 aromatic carbocycles. The van der Waals surface area contributed by atoms with Gasteiger partial charge in [0.25, 0.3) is 0 Å². The molecule has 3 rings (SSSR count). The van der Waals surface area contributed by atoms with Crippen molar-refractivity contribution < 1.29 is 24.5 Å². The number of amides is 2. The van der Waals surface area contributed by atoms with Gasteiger partial charge in [0.2, 0.25) is 5.91 Å². The number of ether oxygens (including phenoxy) is 1. The predicted octanol–water partition coefficient (Wildman–Crippen LogP) is 4.12. The average Bonchev–Trinajstić information content (AvgIpc) is 3.44. The number of nitrogens with one attached hydrogen (secondary N) is 2. The Balaban J connectivity index is 1.73. The molecule has 1 fully saturated rings. The van der Waals surface area contributed by atoms with Gasteiger partial charge in [-0.25, -0.2) is 9.78 Å². The lowest BCUT2D eigenvalue weighted by molar-refractivity contribution is -0.139. The van der Waals surface area contributed by atoms with E-state index in [9.17, 15) is 19.8 Å². The highest BCUT2D eigenvalue weighted by Crippen LogP contribution is 2.31. The van der Waals surface area contributed by atoms with Crippen LogP contribution in [0.25, 0.3) is 10.4 Å². The van der Waals surface area contributed by atoms with Gasteiger partial charge in [-0.3, -0.25) is 9.69 Å². The smallest absolute Gasteiger partial charge is 0.408 e. The number of aromatic nitrogens is 1. The first kappa shape index (κ1) is 30.0. The Bertz CT molecular complexity index is 1120. The Kier molecular flexibility index (Phi) is 8.92. The molecule has 38 heavy (non-hydrogen) atoms. The molecule has 0 spiro atoms. The number of aryl methyl sites for hydroxylation is 1. The highest BCUT2D eigenvalue weighted by molar-refractivity contribution is 7.13. The number of carbonyl (C=O) groups is 2. The lowest BCUT2D eigenvalue weighted by Crippen LogP contribution is -2.61. The highest BCUT2D eigenvalue weighted by atomic mass is 32.1. The molecule has 1 aliphatic rings. The Hall–Kier alpha value is -2.53. The summed E-state index contributed by atoms with van der Waals surface area (Å²) < 4.78 is 5.41. The molecule has 9 nitrogen and oxygen atoms in total. The molecule has 1 aromatic heterocycles. The second kappa shape index (κ2) is 11.3. The number of likely N-dealkylation sites (tertiary alicyclic amines) is 1. The van der Waals surface area contributed by atoms with Crippen LogP contribution in [0.15, 0.2) is 29.8 Å². The summed E-state index contributed by atoms with van der Waals surface area (Å²) in [6.45, 7) is 15.0. The van der Waals surface area contributed by atoms with Crippen LogP contribution in [0.4, 0.5) is 4.79 Å². The molecule has 2 aromatic rings. The molecule has 0 saturated carbocycles. The van der Waals surface area contributed by atoms with Gasteiger partial charge in [0.1, 0.15) is 11.8 Å². The first-order chi connectivity index (χ1) is 17.5. The monoisotopic (exact) mass is 546 g/mol. The molecular weight excluding hydrogens is 504 g/mol. The molecule has 0 bridgehead atoms. The third-order valence-corrected chi connectivity index (χ3v) is 7.64. The Morgan fingerprint density at radius 3 is 2.29 bits per heavy atom. The van der Waals surface area contributed by atoms with Crippen LogP contribution in [0.5, 0.6) is 0 Å². The summed E-state index contributed by atoms with van der Waals surface area (Å²) in [6, 6.07) is 6.01. The van der Waals surface area contributed by atoms with Gasteiger partial charge < -0.3 is 25.6 Å². The minimum atomic E-state index is -1.62. The largest absolute Gasteiger partial charge is 0.444 e. The van der Waals surface area contributed by atoms with E-state index in [0.717, 1.165) is 16.1 Å². The third kappa shape index (κ3) is 7.31. The molecule has 4 atom stereocenters. The van der Waals surface area contributed by atoms with Gasteiger partial charge in [0, 0.05) is 12.1 Å². The van der Waals surface area contributed by atoms with E-state index in [0.29, 0.717) is 24.9 Å². The number of benzene rings is 1. The minimum absolute atomic E-state index is 0.390. The SMILES string of the molecule is Cc1ncsc1-c1ccc([C@@](C)(O)NC(=O)[C@@H]2CCCN2[C@@H](O)[C@@H](NC(=O)OC(C)(C)C)C(C)(C)C)cc1. The van der Waals surface area contributed by atoms with E-state index >= 15 is 0 Å². The normalized spacial score (nSPS) is 19.9. The van der Waals surface area contributed by atoms with Gasteiger partial charge in [0.15, 0.2) is 5.72 Å². The topological polar surface area (TPSA) is 124 Å². The number of nitrogens with zero attached hydrogens (tertiary/aromatic N) is 2. The predicted molar refractivity (Wildman–Crippen MR) is 148 cm³/mol. The number of hydrogen-bond donors (Lipinski definition) is 4. The van der Waals surface area contributed by atoms with Crippen LogP contribution in [-0.4, -0.2) is 62.6 Å². The zero-order valence-corrected chi connectivity index (χ0v) is 24.5. The van der Waals surface area contributed by atoms with E-state index < -0.39 is 41.1 Å². The fourth-order valence-electron chi connectivity index (χ4n) is 4.67. The van der Waals surface area contributed by atoms with Crippen LogP contribution in [0.3, 0.4) is 0 Å². The van der Waals surface area contributed by atoms with Crippen molar-refractivity contribution in [3.8, 4) is 10.4 Å². The average molecular weight is 547 g/mol. The van der Waals surface area contributed by atoms with Crippen LogP contribution in [0.2, 0.25) is 0 Å². The minimum Gasteiger partial charge on any atom is -0.444 e. The Morgan fingerprint density at radius 1 is 1.13 bits per heavy atom. The van der Waals surface area contributed by atoms with Crippen molar-refractivity contribution in [2.24, 2.45) is 5.41 Å². The van der Waals surface area contributed by atoms with Crippen molar-refractivity contribution in [3.63, 3.8) is 0 Å². The lowest BCUT2D eigenvalue weighted by Gasteiger charge is -2.41. The summed E-state index contributed by atoms with van der Waals surface area (Å²) >= 11 is 1.55. The van der Waals surface area contributed by atoms with Crippen molar-refractivity contribution in [2.75, 3.05) is 6.54 Å². The molecule has 0 unspecified atom stereocenters. The first-order valence-electron chi connectivity index (χ1n) is 13.0. The summed E-state index contributed by atoms with van der Waals surface area (Å²) in [6.07, 6.45) is -0.542. The van der Waals surface area contributed by atoms with E-state index in [4.69, 9.17) is 4.74 Å². The standard InChI is InChI=1S/C28H42N4O5S/c1-17-21(38-16-29-17)18-11-13-19(14-12-18)28(8,36)31-23(33)20-10-9-15-32(20)24(34)22(26(2,3)4)30-25(35)37-27(5,6)7/h11-14,16,20,22,24,34,36H,9-10,15H2,1-8H3,(H,30,35)(H,31,33)/t20-,22+,24-,28+/m0/s1. The summed E-state index contributed by atoms with van der Waals surface area (Å²) in [5.74, 6) is -0.390. The molecule has 10 heteroatoms. The van der Waals surface area contributed by atoms with Crippen LogP contribution in [0.1, 0.15) is 72.6 Å². The first-order valence-corrected chi connectivity index (χ1v) is 13.9. The second-order valence-electron chi connectivity index (χ2n) is 12.2. The van der Waals surface area contributed by atoms with Crippen molar-refractivity contribution in [1.82, 2.24) is 20.5 Å². The fourth-order valence-corrected chi connectivity index (χ4v) is 5.48. The van der Waals surface area contributed by atoms with Gasteiger partial charge in [-0.15, -0.1) is 11.3 Å². The zero-order chi connectivity index (χ0) is 28.5. The molecule has 1 aliphatic heterocycles. The lowest BCUT2D eigenvalue weighted by atomic mass is 9.85. The number of thiazole rings is 1. The number of hydrogen-bond acceptors (Lipinski definition) is 8. The fraction of sp³-hybridized carbons (Fsp3) is 0.607.